The van der Waals surface area contributed by atoms with Gasteiger partial charge in [-0.3, -0.25) is 14.9 Å². The van der Waals surface area contributed by atoms with Gasteiger partial charge in [0.2, 0.25) is 0 Å². The molecule has 6 nitrogen and oxygen atoms in total. The van der Waals surface area contributed by atoms with Crippen LogP contribution in [0.5, 0.6) is 0 Å². The number of nitro benzene ring substituents is 1. The number of halogens is 1. The monoisotopic (exact) mass is 334 g/mol. The van der Waals surface area contributed by atoms with Crippen LogP contribution >= 0.6 is 11.6 Å². The van der Waals surface area contributed by atoms with Crippen LogP contribution in [0.3, 0.4) is 0 Å². The van der Waals surface area contributed by atoms with Crippen molar-refractivity contribution in [2.45, 2.75) is 12.3 Å². The maximum Gasteiger partial charge on any atom is 0.304 e. The van der Waals surface area contributed by atoms with E-state index in [1.54, 1.807) is 30.3 Å². The van der Waals surface area contributed by atoms with Crippen LogP contribution in [-0.4, -0.2) is 22.5 Å². The fourth-order valence-electron chi connectivity index (χ4n) is 2.35. The first-order valence-corrected chi connectivity index (χ1v) is 7.26. The maximum atomic E-state index is 10.9. The number of hydrogen-bond donors (Lipinski definition) is 2. The van der Waals surface area contributed by atoms with Crippen molar-refractivity contribution in [3.8, 4) is 11.1 Å². The number of carboxylic acids is 1. The Bertz CT molecular complexity index is 749. The van der Waals surface area contributed by atoms with Gasteiger partial charge in [0.25, 0.3) is 5.69 Å². The molecule has 3 N–H and O–H groups in total. The van der Waals surface area contributed by atoms with Crippen LogP contribution in [0, 0.1) is 10.1 Å². The van der Waals surface area contributed by atoms with Crippen molar-refractivity contribution in [3.05, 3.63) is 63.2 Å². The second kappa shape index (κ2) is 7.21. The Kier molecular flexibility index (Phi) is 5.31. The minimum absolute atomic E-state index is 0.0371. The van der Waals surface area contributed by atoms with Crippen molar-refractivity contribution < 1.29 is 14.8 Å². The summed E-state index contributed by atoms with van der Waals surface area (Å²) in [6, 6.07) is 11.2. The SMILES string of the molecule is NC[C@H](CC(=O)O)c1ccc(Cl)c(-c2cccc([N+](=O)[O-])c2)c1. The average Bonchev–Trinajstić information content (AvgIpc) is 2.53. The van der Waals surface area contributed by atoms with Crippen molar-refractivity contribution in [1.29, 1.82) is 0 Å². The first-order valence-electron chi connectivity index (χ1n) is 6.88. The summed E-state index contributed by atoms with van der Waals surface area (Å²) in [7, 11) is 0. The first kappa shape index (κ1) is 16.9. The number of hydrogen-bond acceptors (Lipinski definition) is 4. The molecule has 0 radical (unpaired) electrons. The fraction of sp³-hybridized carbons (Fsp3) is 0.188. The van der Waals surface area contributed by atoms with Gasteiger partial charge < -0.3 is 10.8 Å². The molecular formula is C16H15ClN2O4. The smallest absolute Gasteiger partial charge is 0.304 e. The Morgan fingerprint density at radius 3 is 2.65 bits per heavy atom. The van der Waals surface area contributed by atoms with Crippen LogP contribution in [0.1, 0.15) is 17.9 Å². The number of nitrogens with two attached hydrogens (primary N) is 1. The molecular weight excluding hydrogens is 320 g/mol. The van der Waals surface area contributed by atoms with E-state index in [9.17, 15) is 14.9 Å². The molecule has 2 rings (SSSR count). The minimum Gasteiger partial charge on any atom is -0.481 e. The highest BCUT2D eigenvalue weighted by Gasteiger charge is 2.17. The van der Waals surface area contributed by atoms with E-state index < -0.39 is 10.9 Å². The zero-order valence-electron chi connectivity index (χ0n) is 12.1. The molecule has 0 bridgehead atoms. The molecule has 0 aromatic heterocycles. The summed E-state index contributed by atoms with van der Waals surface area (Å²) in [6.07, 6.45) is -0.0908. The Morgan fingerprint density at radius 1 is 1.30 bits per heavy atom. The lowest BCUT2D eigenvalue weighted by Crippen LogP contribution is -2.16. The predicted molar refractivity (Wildman–Crippen MR) is 87.6 cm³/mol. The molecule has 1 atom stereocenters. The van der Waals surface area contributed by atoms with Gasteiger partial charge in [-0.1, -0.05) is 29.8 Å². The van der Waals surface area contributed by atoms with Crippen molar-refractivity contribution in [2.24, 2.45) is 5.73 Å². The highest BCUT2D eigenvalue weighted by Crippen LogP contribution is 2.33. The fourth-order valence-corrected chi connectivity index (χ4v) is 2.58. The van der Waals surface area contributed by atoms with Crippen molar-refractivity contribution in [2.75, 3.05) is 6.54 Å². The lowest BCUT2D eigenvalue weighted by atomic mass is 9.92. The van der Waals surface area contributed by atoms with E-state index in [1.807, 2.05) is 0 Å². The van der Waals surface area contributed by atoms with Gasteiger partial charge in [0, 0.05) is 28.6 Å². The molecule has 0 saturated carbocycles. The molecule has 120 valence electrons. The molecule has 0 heterocycles. The third-order valence-electron chi connectivity index (χ3n) is 3.54. The summed E-state index contributed by atoms with van der Waals surface area (Å²) in [5.74, 6) is -1.28. The number of carboxylic acid groups (broad SMARTS) is 1. The average molecular weight is 335 g/mol. The van der Waals surface area contributed by atoms with E-state index in [0.717, 1.165) is 5.56 Å². The molecule has 0 unspecified atom stereocenters. The zero-order valence-corrected chi connectivity index (χ0v) is 12.9. The summed E-state index contributed by atoms with van der Waals surface area (Å²) in [4.78, 5) is 21.4. The molecule has 0 spiro atoms. The van der Waals surface area contributed by atoms with Crippen LogP contribution in [0.25, 0.3) is 11.1 Å². The standard InChI is InChI=1S/C16H15ClN2O4/c17-15-5-4-10(12(9-18)8-16(20)21)7-14(15)11-2-1-3-13(6-11)19(22)23/h1-7,12H,8-9,18H2,(H,20,21)/t12-/m0/s1. The third kappa shape index (κ3) is 4.06. The molecule has 0 saturated heterocycles. The van der Waals surface area contributed by atoms with Crippen molar-refractivity contribution in [1.82, 2.24) is 0 Å². The molecule has 2 aromatic carbocycles. The highest BCUT2D eigenvalue weighted by molar-refractivity contribution is 6.33. The van der Waals surface area contributed by atoms with Gasteiger partial charge in [-0.15, -0.1) is 0 Å². The van der Waals surface area contributed by atoms with E-state index >= 15 is 0 Å². The van der Waals surface area contributed by atoms with Crippen molar-refractivity contribution >= 4 is 23.3 Å². The summed E-state index contributed by atoms with van der Waals surface area (Å²) >= 11 is 6.20. The number of nitro groups is 1. The summed E-state index contributed by atoms with van der Waals surface area (Å²) < 4.78 is 0. The molecule has 2 aromatic rings. The number of carbonyl (C=O) groups is 1. The lowest BCUT2D eigenvalue weighted by molar-refractivity contribution is -0.384. The molecule has 7 heteroatoms. The van der Waals surface area contributed by atoms with Crippen LogP contribution in [0.15, 0.2) is 42.5 Å². The maximum absolute atomic E-state index is 10.9. The zero-order chi connectivity index (χ0) is 17.0. The molecule has 0 aliphatic heterocycles. The van der Waals surface area contributed by atoms with E-state index in [2.05, 4.69) is 0 Å². The van der Waals surface area contributed by atoms with Gasteiger partial charge in [0.1, 0.15) is 0 Å². The molecule has 0 aliphatic rings. The van der Waals surface area contributed by atoms with Crippen LogP contribution < -0.4 is 5.73 Å². The van der Waals surface area contributed by atoms with Gasteiger partial charge in [0.15, 0.2) is 0 Å². The summed E-state index contributed by atoms with van der Waals surface area (Å²) in [6.45, 7) is 0.183. The Hall–Kier alpha value is -2.44. The second-order valence-electron chi connectivity index (χ2n) is 5.08. The number of rotatable bonds is 6. The number of aliphatic carboxylic acids is 1. The van der Waals surface area contributed by atoms with Gasteiger partial charge >= 0.3 is 5.97 Å². The Morgan fingerprint density at radius 2 is 2.04 bits per heavy atom. The quantitative estimate of drug-likeness (QED) is 0.621. The number of nitrogens with zero attached hydrogens (tertiary/aromatic N) is 1. The van der Waals surface area contributed by atoms with Crippen LogP contribution in [0.2, 0.25) is 5.02 Å². The highest BCUT2D eigenvalue weighted by atomic mass is 35.5. The molecule has 0 aliphatic carbocycles. The summed E-state index contributed by atoms with van der Waals surface area (Å²) in [5, 5.41) is 20.3. The predicted octanol–water partition coefficient (Wildman–Crippen LogP) is 3.43. The van der Waals surface area contributed by atoms with Gasteiger partial charge in [-0.2, -0.15) is 0 Å². The van der Waals surface area contributed by atoms with Crippen LogP contribution in [-0.2, 0) is 4.79 Å². The van der Waals surface area contributed by atoms with Gasteiger partial charge in [0.05, 0.1) is 11.3 Å². The van der Waals surface area contributed by atoms with Gasteiger partial charge in [-0.25, -0.2) is 0 Å². The van der Waals surface area contributed by atoms with E-state index in [0.29, 0.717) is 16.1 Å². The largest absolute Gasteiger partial charge is 0.481 e. The number of non-ortho nitro benzene ring substituents is 1. The van der Waals surface area contributed by atoms with E-state index in [4.69, 9.17) is 22.4 Å². The molecule has 0 fully saturated rings. The normalized spacial score (nSPS) is 11.9. The van der Waals surface area contributed by atoms with E-state index in [-0.39, 0.29) is 24.6 Å². The van der Waals surface area contributed by atoms with Crippen molar-refractivity contribution in [3.63, 3.8) is 0 Å². The Labute approximate surface area is 137 Å². The Balaban J connectivity index is 2.47. The van der Waals surface area contributed by atoms with E-state index in [1.165, 1.54) is 12.1 Å². The third-order valence-corrected chi connectivity index (χ3v) is 3.86. The lowest BCUT2D eigenvalue weighted by Gasteiger charge is -2.15. The second-order valence-corrected chi connectivity index (χ2v) is 5.48. The first-order chi connectivity index (χ1) is 10.9. The molecule has 0 amide bonds. The topological polar surface area (TPSA) is 106 Å². The molecule has 23 heavy (non-hydrogen) atoms. The van der Waals surface area contributed by atoms with Gasteiger partial charge in [-0.05, 0) is 29.8 Å². The number of benzene rings is 2. The van der Waals surface area contributed by atoms with Crippen LogP contribution in [0.4, 0.5) is 5.69 Å². The summed E-state index contributed by atoms with van der Waals surface area (Å²) in [5.41, 5.74) is 7.56. The minimum atomic E-state index is -0.938.